The zero-order chi connectivity index (χ0) is 23.7. The summed E-state index contributed by atoms with van der Waals surface area (Å²) in [5.74, 6) is 1.38. The minimum absolute atomic E-state index is 0.0553. The summed E-state index contributed by atoms with van der Waals surface area (Å²) in [4.78, 5) is 26.0. The van der Waals surface area contributed by atoms with Gasteiger partial charge < -0.3 is 25.2 Å². The predicted octanol–water partition coefficient (Wildman–Crippen LogP) is 4.07. The first-order valence-electron chi connectivity index (χ1n) is 11.2. The first kappa shape index (κ1) is 24.9. The van der Waals surface area contributed by atoms with Gasteiger partial charge in [-0.25, -0.2) is 4.79 Å². The lowest BCUT2D eigenvalue weighted by Crippen LogP contribution is -2.53. The number of rotatable bonds is 10. The number of likely N-dealkylation sites (tertiary alicyclic amines) is 1. The van der Waals surface area contributed by atoms with Crippen LogP contribution < -0.4 is 10.1 Å². The van der Waals surface area contributed by atoms with Crippen molar-refractivity contribution < 1.29 is 24.5 Å². The maximum Gasteiger partial charge on any atom is 0.407 e. The molecule has 0 saturated carbocycles. The van der Waals surface area contributed by atoms with Gasteiger partial charge in [0.25, 0.3) is 0 Å². The molecule has 0 spiro atoms. The average Bonchev–Trinajstić information content (AvgIpc) is 2.86. The largest absolute Gasteiger partial charge is 0.497 e. The number of piperidine rings is 1. The number of hydrogen-bond acceptors (Lipinski definition) is 5. The SMILES string of the molecule is COc1ccc(CSC2(C(=O)NCCC[C@H](O)c3ccccc3)CCN(C(=O)O)CC2)cc1. The molecule has 0 aromatic heterocycles. The van der Waals surface area contributed by atoms with Gasteiger partial charge in [-0.1, -0.05) is 42.5 Å². The van der Waals surface area contributed by atoms with Crippen molar-refractivity contribution in [2.45, 2.75) is 42.3 Å². The fourth-order valence-electron chi connectivity index (χ4n) is 3.94. The van der Waals surface area contributed by atoms with Crippen LogP contribution in [0.25, 0.3) is 0 Å². The monoisotopic (exact) mass is 472 g/mol. The van der Waals surface area contributed by atoms with Crippen molar-refractivity contribution in [1.82, 2.24) is 10.2 Å². The zero-order valence-corrected chi connectivity index (χ0v) is 19.7. The van der Waals surface area contributed by atoms with Gasteiger partial charge in [-0.2, -0.15) is 0 Å². The highest BCUT2D eigenvalue weighted by atomic mass is 32.2. The molecule has 1 fully saturated rings. The number of hydrogen-bond donors (Lipinski definition) is 3. The second-order valence-electron chi connectivity index (χ2n) is 8.23. The number of nitrogens with zero attached hydrogens (tertiary/aromatic N) is 1. The molecule has 8 heteroatoms. The van der Waals surface area contributed by atoms with Crippen LogP contribution in [-0.4, -0.2) is 58.6 Å². The van der Waals surface area contributed by atoms with Crippen LogP contribution in [0.1, 0.15) is 42.9 Å². The van der Waals surface area contributed by atoms with Crippen molar-refractivity contribution in [2.24, 2.45) is 0 Å². The Balaban J connectivity index is 1.56. The quantitative estimate of drug-likeness (QED) is 0.451. The summed E-state index contributed by atoms with van der Waals surface area (Å²) in [6.07, 6.45) is 0.655. The lowest BCUT2D eigenvalue weighted by Gasteiger charge is -2.39. The number of aliphatic hydroxyl groups excluding tert-OH is 1. The van der Waals surface area contributed by atoms with Gasteiger partial charge >= 0.3 is 6.09 Å². The molecule has 7 nitrogen and oxygen atoms in total. The van der Waals surface area contributed by atoms with Crippen molar-refractivity contribution in [3.8, 4) is 5.75 Å². The standard InChI is InChI=1S/C25H32N2O5S/c1-32-21-11-9-19(10-12-21)18-33-25(13-16-27(17-14-25)24(30)31)23(29)26-15-5-8-22(28)20-6-3-2-4-7-20/h2-4,6-7,9-12,22,28H,5,8,13-18H2,1H3,(H,26,29)(H,30,31)/t22-/m0/s1. The second-order valence-corrected chi connectivity index (χ2v) is 9.58. The van der Waals surface area contributed by atoms with E-state index in [1.165, 1.54) is 4.90 Å². The normalized spacial score (nSPS) is 16.1. The molecule has 33 heavy (non-hydrogen) atoms. The van der Waals surface area contributed by atoms with Gasteiger partial charge in [-0.05, 0) is 48.9 Å². The molecule has 1 saturated heterocycles. The van der Waals surface area contributed by atoms with Gasteiger partial charge in [0.2, 0.25) is 5.91 Å². The molecule has 1 atom stereocenters. The minimum atomic E-state index is -0.945. The molecule has 1 aliphatic heterocycles. The number of benzene rings is 2. The van der Waals surface area contributed by atoms with Gasteiger partial charge in [0.05, 0.1) is 18.0 Å². The Morgan fingerprint density at radius 3 is 2.39 bits per heavy atom. The third kappa shape index (κ3) is 6.88. The smallest absolute Gasteiger partial charge is 0.407 e. The maximum absolute atomic E-state index is 13.3. The van der Waals surface area contributed by atoms with Crippen LogP contribution in [0.2, 0.25) is 0 Å². The molecule has 1 heterocycles. The Kier molecular flexibility index (Phi) is 9.03. The van der Waals surface area contributed by atoms with Crippen LogP contribution in [0, 0.1) is 0 Å². The highest BCUT2D eigenvalue weighted by Crippen LogP contribution is 2.39. The molecular formula is C25H32N2O5S. The molecule has 0 aliphatic carbocycles. The van der Waals surface area contributed by atoms with E-state index < -0.39 is 16.9 Å². The van der Waals surface area contributed by atoms with Crippen LogP contribution in [-0.2, 0) is 10.5 Å². The fraction of sp³-hybridized carbons (Fsp3) is 0.440. The van der Waals surface area contributed by atoms with E-state index >= 15 is 0 Å². The highest BCUT2D eigenvalue weighted by molar-refractivity contribution is 8.00. The number of thioether (sulfide) groups is 1. The summed E-state index contributed by atoms with van der Waals surface area (Å²) in [6, 6.07) is 17.2. The van der Waals surface area contributed by atoms with Crippen LogP contribution in [0.5, 0.6) is 5.75 Å². The summed E-state index contributed by atoms with van der Waals surface area (Å²) in [5, 5.41) is 22.7. The number of carboxylic acid groups (broad SMARTS) is 1. The van der Waals surface area contributed by atoms with Gasteiger partial charge in [-0.15, -0.1) is 11.8 Å². The predicted molar refractivity (Wildman–Crippen MR) is 129 cm³/mol. The van der Waals surface area contributed by atoms with Crippen LogP contribution in [0.15, 0.2) is 54.6 Å². The van der Waals surface area contributed by atoms with Crippen LogP contribution >= 0.6 is 11.8 Å². The fourth-order valence-corrected chi connectivity index (χ4v) is 5.25. The molecular weight excluding hydrogens is 440 g/mol. The van der Waals surface area contributed by atoms with Crippen molar-refractivity contribution in [3.63, 3.8) is 0 Å². The number of nitrogens with one attached hydrogen (secondary N) is 1. The van der Waals surface area contributed by atoms with E-state index in [4.69, 9.17) is 4.74 Å². The van der Waals surface area contributed by atoms with E-state index in [9.17, 15) is 19.8 Å². The Bertz CT molecular complexity index is 899. The van der Waals surface area contributed by atoms with Gasteiger partial charge in [-0.3, -0.25) is 4.79 Å². The van der Waals surface area contributed by atoms with E-state index in [0.29, 0.717) is 51.1 Å². The Morgan fingerprint density at radius 2 is 1.79 bits per heavy atom. The molecule has 3 rings (SSSR count). The molecule has 2 aromatic carbocycles. The Labute approximate surface area is 199 Å². The lowest BCUT2D eigenvalue weighted by atomic mass is 9.94. The van der Waals surface area contributed by atoms with Crippen molar-refractivity contribution >= 4 is 23.8 Å². The minimum Gasteiger partial charge on any atom is -0.497 e. The van der Waals surface area contributed by atoms with Crippen molar-refractivity contribution in [1.29, 1.82) is 0 Å². The van der Waals surface area contributed by atoms with Gasteiger partial charge in [0.15, 0.2) is 0 Å². The van der Waals surface area contributed by atoms with Crippen LogP contribution in [0.3, 0.4) is 0 Å². The number of carbonyl (C=O) groups is 2. The maximum atomic E-state index is 13.3. The first-order chi connectivity index (χ1) is 15.9. The van der Waals surface area contributed by atoms with E-state index in [-0.39, 0.29) is 5.91 Å². The number of ether oxygens (including phenoxy) is 1. The lowest BCUT2D eigenvalue weighted by molar-refractivity contribution is -0.124. The molecule has 0 bridgehead atoms. The number of methoxy groups -OCH3 is 1. The molecule has 2 amide bonds. The number of carbonyl (C=O) groups excluding carboxylic acids is 1. The van der Waals surface area contributed by atoms with E-state index in [0.717, 1.165) is 16.9 Å². The molecule has 0 unspecified atom stereocenters. The second kappa shape index (κ2) is 12.0. The molecule has 3 N–H and O–H groups in total. The first-order valence-corrected chi connectivity index (χ1v) is 12.2. The average molecular weight is 473 g/mol. The zero-order valence-electron chi connectivity index (χ0n) is 18.9. The third-order valence-electron chi connectivity index (χ3n) is 6.05. The number of aliphatic hydroxyl groups is 1. The molecule has 178 valence electrons. The van der Waals surface area contributed by atoms with E-state index in [1.807, 2.05) is 54.6 Å². The summed E-state index contributed by atoms with van der Waals surface area (Å²) in [6.45, 7) is 1.15. The van der Waals surface area contributed by atoms with Gasteiger partial charge in [0, 0.05) is 25.4 Å². The van der Waals surface area contributed by atoms with Crippen molar-refractivity contribution in [3.05, 3.63) is 65.7 Å². The summed E-state index contributed by atoms with van der Waals surface area (Å²) in [7, 11) is 1.62. The topological polar surface area (TPSA) is 99.1 Å². The summed E-state index contributed by atoms with van der Waals surface area (Å²) < 4.78 is 4.53. The van der Waals surface area contributed by atoms with Crippen molar-refractivity contribution in [2.75, 3.05) is 26.7 Å². The van der Waals surface area contributed by atoms with E-state index in [2.05, 4.69) is 5.32 Å². The summed E-state index contributed by atoms with van der Waals surface area (Å²) in [5.41, 5.74) is 1.95. The third-order valence-corrected chi connectivity index (χ3v) is 7.68. The Hall–Kier alpha value is -2.71. The summed E-state index contributed by atoms with van der Waals surface area (Å²) >= 11 is 1.57. The molecule has 2 aromatic rings. The van der Waals surface area contributed by atoms with Gasteiger partial charge in [0.1, 0.15) is 5.75 Å². The molecule has 0 radical (unpaired) electrons. The highest BCUT2D eigenvalue weighted by Gasteiger charge is 2.42. The Morgan fingerprint density at radius 1 is 1.12 bits per heavy atom. The number of amides is 2. The molecule has 1 aliphatic rings. The van der Waals surface area contributed by atoms with Crippen LogP contribution in [0.4, 0.5) is 4.79 Å². The van der Waals surface area contributed by atoms with E-state index in [1.54, 1.807) is 18.9 Å².